The number of rotatable bonds is 2. The van der Waals surface area contributed by atoms with E-state index in [-0.39, 0.29) is 5.97 Å². The van der Waals surface area contributed by atoms with E-state index in [1.165, 1.54) is 6.08 Å². The summed E-state index contributed by atoms with van der Waals surface area (Å²) in [5.41, 5.74) is 0. The van der Waals surface area contributed by atoms with Crippen LogP contribution in [-0.2, 0) is 9.53 Å². The van der Waals surface area contributed by atoms with Crippen molar-refractivity contribution in [2.75, 3.05) is 6.61 Å². The van der Waals surface area contributed by atoms with Crippen LogP contribution in [0.15, 0.2) is 12.1 Å². The van der Waals surface area contributed by atoms with E-state index in [0.717, 1.165) is 0 Å². The molecular weight excluding hydrogens is 103 g/mol. The first-order valence-electron chi connectivity index (χ1n) is 2.60. The van der Waals surface area contributed by atoms with Gasteiger partial charge in [-0.2, -0.15) is 0 Å². The van der Waals surface area contributed by atoms with Gasteiger partial charge in [-0.05, 0) is 6.92 Å². The van der Waals surface area contributed by atoms with Gasteiger partial charge in [0, 0.05) is 6.08 Å². The SMILES string of the molecule is B/C=C/C(=O)OCC. The predicted molar refractivity (Wildman–Crippen MR) is 34.3 cm³/mol. The van der Waals surface area contributed by atoms with Crippen LogP contribution in [0.3, 0.4) is 0 Å². The van der Waals surface area contributed by atoms with Crippen LogP contribution in [-0.4, -0.2) is 20.4 Å². The van der Waals surface area contributed by atoms with Gasteiger partial charge in [-0.1, -0.05) is 0 Å². The molecule has 0 atom stereocenters. The van der Waals surface area contributed by atoms with E-state index < -0.39 is 0 Å². The molecule has 2 nitrogen and oxygen atoms in total. The van der Waals surface area contributed by atoms with Crippen molar-refractivity contribution in [3.8, 4) is 0 Å². The number of hydrogen-bond donors (Lipinski definition) is 0. The van der Waals surface area contributed by atoms with Gasteiger partial charge in [0.2, 0.25) is 0 Å². The van der Waals surface area contributed by atoms with Crippen molar-refractivity contribution in [1.82, 2.24) is 0 Å². The van der Waals surface area contributed by atoms with Gasteiger partial charge < -0.3 is 4.74 Å². The Morgan fingerprint density at radius 1 is 1.88 bits per heavy atom. The van der Waals surface area contributed by atoms with E-state index in [2.05, 4.69) is 4.74 Å². The maximum absolute atomic E-state index is 10.3. The molecule has 44 valence electrons. The smallest absolute Gasteiger partial charge is 0.329 e. The van der Waals surface area contributed by atoms with Gasteiger partial charge in [0.15, 0.2) is 0 Å². The van der Waals surface area contributed by atoms with Crippen molar-refractivity contribution < 1.29 is 9.53 Å². The van der Waals surface area contributed by atoms with Crippen LogP contribution in [0.4, 0.5) is 0 Å². The van der Waals surface area contributed by atoms with E-state index in [0.29, 0.717) is 6.61 Å². The first-order valence-corrected chi connectivity index (χ1v) is 2.60. The fraction of sp³-hybridized carbons (Fsp3) is 0.400. The Morgan fingerprint density at radius 3 is 2.88 bits per heavy atom. The average Bonchev–Trinajstić information content (AvgIpc) is 1.68. The van der Waals surface area contributed by atoms with E-state index in [9.17, 15) is 4.79 Å². The van der Waals surface area contributed by atoms with Crippen LogP contribution in [0.1, 0.15) is 6.92 Å². The lowest BCUT2D eigenvalue weighted by molar-refractivity contribution is -0.137. The third-order valence-electron chi connectivity index (χ3n) is 0.589. The number of esters is 1. The van der Waals surface area contributed by atoms with Crippen molar-refractivity contribution >= 4 is 13.8 Å². The van der Waals surface area contributed by atoms with Gasteiger partial charge in [0.1, 0.15) is 7.85 Å². The van der Waals surface area contributed by atoms with Crippen LogP contribution in [0.25, 0.3) is 0 Å². The monoisotopic (exact) mass is 112 g/mol. The zero-order chi connectivity index (χ0) is 6.41. The van der Waals surface area contributed by atoms with Gasteiger partial charge in [0.25, 0.3) is 0 Å². The normalized spacial score (nSPS) is 9.62. The second-order valence-corrected chi connectivity index (χ2v) is 1.25. The molecule has 0 rings (SSSR count). The highest BCUT2D eigenvalue weighted by molar-refractivity contribution is 6.18. The standard InChI is InChI=1S/C5H9BO2/c1-2-8-5(7)3-4-6/h3-4H,2,6H2,1H3/b4-3+. The van der Waals surface area contributed by atoms with Crippen molar-refractivity contribution in [1.29, 1.82) is 0 Å². The minimum absolute atomic E-state index is 0.269. The average molecular weight is 112 g/mol. The topological polar surface area (TPSA) is 26.3 Å². The molecule has 0 N–H and O–H groups in total. The molecule has 0 amide bonds. The third-order valence-corrected chi connectivity index (χ3v) is 0.589. The quantitative estimate of drug-likeness (QED) is 0.278. The van der Waals surface area contributed by atoms with Crippen molar-refractivity contribution in [2.45, 2.75) is 6.92 Å². The zero-order valence-electron chi connectivity index (χ0n) is 5.18. The molecule has 3 heteroatoms. The molecule has 0 fully saturated rings. The van der Waals surface area contributed by atoms with Crippen molar-refractivity contribution in [2.24, 2.45) is 0 Å². The summed E-state index contributed by atoms with van der Waals surface area (Å²) in [6.07, 6.45) is 1.39. The van der Waals surface area contributed by atoms with E-state index in [1.54, 1.807) is 20.7 Å². The summed E-state index contributed by atoms with van der Waals surface area (Å²) in [5.74, 6) is 1.38. The Hall–Kier alpha value is -0.725. The molecule has 0 saturated heterocycles. The second kappa shape index (κ2) is 4.43. The zero-order valence-corrected chi connectivity index (χ0v) is 5.18. The molecule has 0 spiro atoms. The van der Waals surface area contributed by atoms with Gasteiger partial charge in [-0.25, -0.2) is 4.79 Å². The lowest BCUT2D eigenvalue weighted by Crippen LogP contribution is -1.98. The molecule has 0 heterocycles. The summed E-state index contributed by atoms with van der Waals surface area (Å²) in [6.45, 7) is 2.23. The Bertz CT molecular complexity index is 98.6. The van der Waals surface area contributed by atoms with Crippen LogP contribution >= 0.6 is 0 Å². The second-order valence-electron chi connectivity index (χ2n) is 1.25. The molecule has 0 saturated carbocycles. The number of carbonyl (C=O) groups is 1. The molecule has 0 aromatic carbocycles. The van der Waals surface area contributed by atoms with Crippen molar-refractivity contribution in [3.63, 3.8) is 0 Å². The number of ether oxygens (including phenoxy) is 1. The number of hydrogen-bond acceptors (Lipinski definition) is 2. The molecule has 0 aromatic heterocycles. The summed E-state index contributed by atoms with van der Waals surface area (Å²) >= 11 is 0. The van der Waals surface area contributed by atoms with Gasteiger partial charge in [-0.3, -0.25) is 0 Å². The van der Waals surface area contributed by atoms with Gasteiger partial charge >= 0.3 is 5.97 Å². The first-order chi connectivity index (χ1) is 3.81. The van der Waals surface area contributed by atoms with Crippen LogP contribution in [0, 0.1) is 0 Å². The molecule has 0 aliphatic heterocycles. The minimum Gasteiger partial charge on any atom is -0.463 e. The van der Waals surface area contributed by atoms with E-state index in [4.69, 9.17) is 0 Å². The van der Waals surface area contributed by atoms with Crippen LogP contribution in [0.2, 0.25) is 0 Å². The Kier molecular flexibility index (Phi) is 4.03. The molecular formula is C5H9BO2. The first kappa shape index (κ1) is 7.27. The molecule has 8 heavy (non-hydrogen) atoms. The maximum atomic E-state index is 10.3. The summed E-state index contributed by atoms with van der Waals surface area (Å²) in [5, 5.41) is 0. The lowest BCUT2D eigenvalue weighted by Gasteiger charge is -1.91. The molecule has 0 bridgehead atoms. The van der Waals surface area contributed by atoms with E-state index in [1.807, 2.05) is 0 Å². The molecule has 0 aliphatic carbocycles. The summed E-state index contributed by atoms with van der Waals surface area (Å²) < 4.78 is 4.56. The summed E-state index contributed by atoms with van der Waals surface area (Å²) in [6, 6.07) is 0. The Labute approximate surface area is 49.9 Å². The highest BCUT2D eigenvalue weighted by Crippen LogP contribution is 1.76. The maximum Gasteiger partial charge on any atom is 0.329 e. The van der Waals surface area contributed by atoms with Gasteiger partial charge in [-0.15, -0.1) is 5.98 Å². The van der Waals surface area contributed by atoms with E-state index >= 15 is 0 Å². The third kappa shape index (κ3) is 3.46. The molecule has 0 aromatic rings. The Balaban J connectivity index is 3.33. The van der Waals surface area contributed by atoms with Crippen LogP contribution < -0.4 is 0 Å². The Morgan fingerprint density at radius 2 is 2.50 bits per heavy atom. The predicted octanol–water partition coefficient (Wildman–Crippen LogP) is -0.304. The fourth-order valence-electron chi connectivity index (χ4n) is 0.326. The molecule has 0 aliphatic rings. The van der Waals surface area contributed by atoms with Crippen LogP contribution in [0.5, 0.6) is 0 Å². The van der Waals surface area contributed by atoms with Gasteiger partial charge in [0.05, 0.1) is 6.61 Å². The van der Waals surface area contributed by atoms with Crippen molar-refractivity contribution in [3.05, 3.63) is 12.1 Å². The summed E-state index contributed by atoms with van der Waals surface area (Å²) in [4.78, 5) is 10.3. The highest BCUT2D eigenvalue weighted by atomic mass is 16.5. The minimum atomic E-state index is -0.269. The fourth-order valence-corrected chi connectivity index (χ4v) is 0.326. The molecule has 0 radical (unpaired) electrons. The number of carbonyl (C=O) groups excluding carboxylic acids is 1. The largest absolute Gasteiger partial charge is 0.463 e. The summed E-state index contributed by atoms with van der Waals surface area (Å²) in [7, 11) is 1.77. The highest BCUT2D eigenvalue weighted by Gasteiger charge is 1.88. The molecule has 0 unspecified atom stereocenters. The lowest BCUT2D eigenvalue weighted by atomic mass is 10.1.